The number of thiol groups is 1. The third kappa shape index (κ3) is 1.32. The average Bonchev–Trinajstić information content (AvgIpc) is 2.44. The Morgan fingerprint density at radius 1 is 1.50 bits per heavy atom. The molecule has 72 valence electrons. The highest BCUT2D eigenvalue weighted by Gasteiger charge is 2.18. The lowest BCUT2D eigenvalue weighted by atomic mass is 10.2. The summed E-state index contributed by atoms with van der Waals surface area (Å²) in [7, 11) is 0. The fourth-order valence-corrected chi connectivity index (χ4v) is 2.35. The van der Waals surface area contributed by atoms with Crippen molar-refractivity contribution in [3.8, 4) is 0 Å². The third-order valence-corrected chi connectivity index (χ3v) is 3.27. The number of nitrogens with zero attached hydrogens (tertiary/aromatic N) is 1. The summed E-state index contributed by atoms with van der Waals surface area (Å²) in [5, 5.41) is 11.3. The smallest absolute Gasteiger partial charge is 0.348 e. The molecule has 2 N–H and O–H groups in total. The van der Waals surface area contributed by atoms with Crippen molar-refractivity contribution in [1.29, 1.82) is 0 Å². The summed E-state index contributed by atoms with van der Waals surface area (Å²) in [4.78, 5) is 10.9. The van der Waals surface area contributed by atoms with Crippen molar-refractivity contribution in [2.24, 2.45) is 0 Å². The standard InChI is InChI=1S/C8H6N2O2S2/c9-7-5-3-4(13)1-2-6(5)14-8(7)10(11)12/h1-3,13H,9H2. The van der Waals surface area contributed by atoms with Gasteiger partial charge in [-0.3, -0.25) is 10.1 Å². The predicted octanol–water partition coefficient (Wildman–Crippen LogP) is 2.68. The van der Waals surface area contributed by atoms with Crippen LogP contribution in [0.25, 0.3) is 10.1 Å². The number of fused-ring (bicyclic) bond motifs is 1. The van der Waals surface area contributed by atoms with Crippen LogP contribution in [0.2, 0.25) is 0 Å². The Labute approximate surface area is 88.9 Å². The Hall–Kier alpha value is -1.27. The van der Waals surface area contributed by atoms with Crippen molar-refractivity contribution in [2.45, 2.75) is 4.90 Å². The van der Waals surface area contributed by atoms with E-state index in [9.17, 15) is 10.1 Å². The summed E-state index contributed by atoms with van der Waals surface area (Å²) in [6, 6.07) is 5.30. The van der Waals surface area contributed by atoms with Crippen LogP contribution in [-0.2, 0) is 0 Å². The van der Waals surface area contributed by atoms with Crippen LogP contribution in [0.1, 0.15) is 0 Å². The van der Waals surface area contributed by atoms with Gasteiger partial charge in [0, 0.05) is 15.0 Å². The Bertz CT molecular complexity index is 521. The van der Waals surface area contributed by atoms with Crippen LogP contribution in [0.15, 0.2) is 23.1 Å². The van der Waals surface area contributed by atoms with Crippen molar-refractivity contribution in [2.75, 3.05) is 5.73 Å². The van der Waals surface area contributed by atoms with E-state index in [1.807, 2.05) is 0 Å². The fourth-order valence-electron chi connectivity index (χ4n) is 1.23. The Morgan fingerprint density at radius 2 is 2.21 bits per heavy atom. The van der Waals surface area contributed by atoms with E-state index in [2.05, 4.69) is 12.6 Å². The van der Waals surface area contributed by atoms with Gasteiger partial charge in [-0.05, 0) is 18.2 Å². The van der Waals surface area contributed by atoms with Crippen LogP contribution in [0.3, 0.4) is 0 Å². The van der Waals surface area contributed by atoms with Gasteiger partial charge in [-0.15, -0.1) is 12.6 Å². The maximum atomic E-state index is 10.6. The molecule has 14 heavy (non-hydrogen) atoms. The zero-order valence-corrected chi connectivity index (χ0v) is 8.64. The lowest BCUT2D eigenvalue weighted by molar-refractivity contribution is -0.379. The number of benzene rings is 1. The van der Waals surface area contributed by atoms with E-state index < -0.39 is 4.92 Å². The first kappa shape index (κ1) is 9.29. The molecule has 0 saturated carbocycles. The Balaban J connectivity index is 2.80. The Kier molecular flexibility index (Phi) is 2.09. The number of hydrogen-bond acceptors (Lipinski definition) is 5. The van der Waals surface area contributed by atoms with Gasteiger partial charge in [0.1, 0.15) is 5.69 Å². The van der Waals surface area contributed by atoms with E-state index in [0.717, 1.165) is 20.9 Å². The third-order valence-electron chi connectivity index (χ3n) is 1.86. The number of nitrogens with two attached hydrogens (primary N) is 1. The van der Waals surface area contributed by atoms with Crippen molar-refractivity contribution >= 4 is 44.7 Å². The van der Waals surface area contributed by atoms with E-state index in [1.165, 1.54) is 0 Å². The molecule has 0 atom stereocenters. The highest BCUT2D eigenvalue weighted by atomic mass is 32.1. The van der Waals surface area contributed by atoms with Gasteiger partial charge < -0.3 is 5.73 Å². The Morgan fingerprint density at radius 3 is 2.86 bits per heavy atom. The maximum Gasteiger partial charge on any atom is 0.348 e. The lowest BCUT2D eigenvalue weighted by Gasteiger charge is -1.91. The number of nitro groups is 1. The fraction of sp³-hybridized carbons (Fsp3) is 0. The van der Waals surface area contributed by atoms with Crippen LogP contribution < -0.4 is 5.73 Å². The molecule has 1 aromatic carbocycles. The summed E-state index contributed by atoms with van der Waals surface area (Å²) >= 11 is 5.23. The second-order valence-corrected chi connectivity index (χ2v) is 4.31. The van der Waals surface area contributed by atoms with E-state index >= 15 is 0 Å². The summed E-state index contributed by atoms with van der Waals surface area (Å²) < 4.78 is 0.812. The van der Waals surface area contributed by atoms with E-state index in [0.29, 0.717) is 5.39 Å². The second-order valence-electron chi connectivity index (χ2n) is 2.76. The minimum Gasteiger partial charge on any atom is -0.392 e. The molecule has 0 saturated heterocycles. The average molecular weight is 226 g/mol. The number of hydrogen-bond donors (Lipinski definition) is 2. The largest absolute Gasteiger partial charge is 0.392 e. The van der Waals surface area contributed by atoms with Crippen LogP contribution in [-0.4, -0.2) is 4.92 Å². The normalized spacial score (nSPS) is 10.6. The van der Waals surface area contributed by atoms with Gasteiger partial charge in [0.25, 0.3) is 0 Å². The molecule has 0 amide bonds. The molecule has 1 aromatic heterocycles. The van der Waals surface area contributed by atoms with Gasteiger partial charge in [0.15, 0.2) is 0 Å². The van der Waals surface area contributed by atoms with Gasteiger partial charge in [-0.1, -0.05) is 11.3 Å². The number of anilines is 1. The summed E-state index contributed by atoms with van der Waals surface area (Å²) in [5.41, 5.74) is 5.87. The van der Waals surface area contributed by atoms with Gasteiger partial charge in [0.2, 0.25) is 0 Å². The molecule has 0 fully saturated rings. The minimum atomic E-state index is -0.460. The van der Waals surface area contributed by atoms with E-state index in [-0.39, 0.29) is 10.7 Å². The quantitative estimate of drug-likeness (QED) is 0.446. The molecule has 0 aliphatic carbocycles. The molecule has 0 unspecified atom stereocenters. The molecule has 2 rings (SSSR count). The van der Waals surface area contributed by atoms with Crippen molar-refractivity contribution in [3.63, 3.8) is 0 Å². The molecule has 0 aliphatic heterocycles. The highest BCUT2D eigenvalue weighted by molar-refractivity contribution is 7.80. The number of thiophene rings is 1. The summed E-state index contributed by atoms with van der Waals surface area (Å²) in [6.07, 6.45) is 0. The van der Waals surface area contributed by atoms with E-state index in [4.69, 9.17) is 5.73 Å². The first-order valence-corrected chi connectivity index (χ1v) is 5.01. The molecule has 2 aromatic rings. The molecule has 1 heterocycles. The van der Waals surface area contributed by atoms with Crippen LogP contribution in [0, 0.1) is 10.1 Å². The minimum absolute atomic E-state index is 0.000988. The monoisotopic (exact) mass is 226 g/mol. The summed E-state index contributed by atoms with van der Waals surface area (Å²) in [5.74, 6) is 0. The lowest BCUT2D eigenvalue weighted by Crippen LogP contribution is -1.90. The molecule has 0 spiro atoms. The first-order valence-electron chi connectivity index (χ1n) is 3.75. The van der Waals surface area contributed by atoms with Gasteiger partial charge in [-0.25, -0.2) is 0 Å². The first-order chi connectivity index (χ1) is 6.59. The van der Waals surface area contributed by atoms with Gasteiger partial charge in [-0.2, -0.15) is 0 Å². The topological polar surface area (TPSA) is 69.2 Å². The van der Waals surface area contributed by atoms with Gasteiger partial charge in [0.05, 0.1) is 4.92 Å². The highest BCUT2D eigenvalue weighted by Crippen LogP contribution is 2.40. The van der Waals surface area contributed by atoms with Gasteiger partial charge >= 0.3 is 5.00 Å². The molecule has 6 heteroatoms. The van der Waals surface area contributed by atoms with Crippen molar-refractivity contribution < 1.29 is 4.92 Å². The SMILES string of the molecule is Nc1c([N+](=O)[O-])sc2ccc(S)cc12. The van der Waals surface area contributed by atoms with Crippen LogP contribution >= 0.6 is 24.0 Å². The van der Waals surface area contributed by atoms with Crippen molar-refractivity contribution in [1.82, 2.24) is 0 Å². The second kappa shape index (κ2) is 3.14. The zero-order chi connectivity index (χ0) is 10.3. The molecule has 0 bridgehead atoms. The molecule has 0 radical (unpaired) electrons. The zero-order valence-electron chi connectivity index (χ0n) is 6.93. The molecule has 0 aliphatic rings. The molecule has 4 nitrogen and oxygen atoms in total. The van der Waals surface area contributed by atoms with Crippen molar-refractivity contribution in [3.05, 3.63) is 28.3 Å². The molecular formula is C8H6N2O2S2. The summed E-state index contributed by atoms with van der Waals surface area (Å²) in [6.45, 7) is 0. The van der Waals surface area contributed by atoms with E-state index in [1.54, 1.807) is 18.2 Å². The number of nitrogen functional groups attached to an aromatic ring is 1. The van der Waals surface area contributed by atoms with Crippen LogP contribution in [0.4, 0.5) is 10.7 Å². The number of rotatable bonds is 1. The van der Waals surface area contributed by atoms with Crippen LogP contribution in [0.5, 0.6) is 0 Å². The maximum absolute atomic E-state index is 10.6. The molecular weight excluding hydrogens is 220 g/mol. The predicted molar refractivity (Wildman–Crippen MR) is 60.1 cm³/mol.